The van der Waals surface area contributed by atoms with Crippen LogP contribution in [-0.4, -0.2) is 12.8 Å². The number of hydrazone groups is 1. The molecule has 0 unspecified atom stereocenters. The van der Waals surface area contributed by atoms with E-state index in [2.05, 4.69) is 10.5 Å². The molecule has 0 aliphatic rings. The minimum absolute atomic E-state index is 0.638. The average molecular weight is 275 g/mol. The standard InChI is InChI=1S/C15H15ClN2O/c1-11(12-7-3-6-10-15(12)19-2)17-18-14-9-5-4-8-13(14)16/h3-10,18H,1-2H3/b17-11-. The third kappa shape index (κ3) is 3.26. The molecule has 0 bridgehead atoms. The molecule has 19 heavy (non-hydrogen) atoms. The Morgan fingerprint density at radius 1 is 1.11 bits per heavy atom. The van der Waals surface area contributed by atoms with Gasteiger partial charge in [0.1, 0.15) is 5.75 Å². The second-order valence-electron chi connectivity index (χ2n) is 3.99. The highest BCUT2D eigenvalue weighted by Crippen LogP contribution is 2.22. The Morgan fingerprint density at radius 2 is 1.79 bits per heavy atom. The van der Waals surface area contributed by atoms with E-state index in [1.807, 2.05) is 55.5 Å². The van der Waals surface area contributed by atoms with Gasteiger partial charge in [-0.2, -0.15) is 5.10 Å². The molecular weight excluding hydrogens is 260 g/mol. The minimum Gasteiger partial charge on any atom is -0.496 e. The van der Waals surface area contributed by atoms with Crippen molar-refractivity contribution in [3.63, 3.8) is 0 Å². The monoisotopic (exact) mass is 274 g/mol. The summed E-state index contributed by atoms with van der Waals surface area (Å²) >= 11 is 6.06. The molecule has 0 saturated carbocycles. The zero-order chi connectivity index (χ0) is 13.7. The molecule has 0 aliphatic heterocycles. The van der Waals surface area contributed by atoms with E-state index in [-0.39, 0.29) is 0 Å². The van der Waals surface area contributed by atoms with E-state index < -0.39 is 0 Å². The lowest BCUT2D eigenvalue weighted by atomic mass is 10.1. The molecule has 0 aromatic heterocycles. The molecule has 1 N–H and O–H groups in total. The van der Waals surface area contributed by atoms with Crippen molar-refractivity contribution >= 4 is 23.0 Å². The predicted molar refractivity (Wildman–Crippen MR) is 80.3 cm³/mol. The molecule has 0 radical (unpaired) electrons. The summed E-state index contributed by atoms with van der Waals surface area (Å²) in [6, 6.07) is 15.2. The van der Waals surface area contributed by atoms with Crippen LogP contribution in [0.15, 0.2) is 53.6 Å². The highest BCUT2D eigenvalue weighted by atomic mass is 35.5. The smallest absolute Gasteiger partial charge is 0.127 e. The topological polar surface area (TPSA) is 33.6 Å². The van der Waals surface area contributed by atoms with Crippen molar-refractivity contribution in [3.8, 4) is 5.75 Å². The first-order chi connectivity index (χ1) is 9.22. The van der Waals surface area contributed by atoms with Gasteiger partial charge in [0, 0.05) is 5.56 Å². The maximum absolute atomic E-state index is 6.06. The van der Waals surface area contributed by atoms with Crippen LogP contribution in [0.2, 0.25) is 5.02 Å². The van der Waals surface area contributed by atoms with Gasteiger partial charge in [0.2, 0.25) is 0 Å². The summed E-state index contributed by atoms with van der Waals surface area (Å²) < 4.78 is 5.31. The second-order valence-corrected chi connectivity index (χ2v) is 4.40. The number of rotatable bonds is 4. The van der Waals surface area contributed by atoms with E-state index in [9.17, 15) is 0 Å². The molecule has 0 saturated heterocycles. The molecule has 0 fully saturated rings. The number of hydrogen-bond donors (Lipinski definition) is 1. The first kappa shape index (κ1) is 13.4. The fourth-order valence-electron chi connectivity index (χ4n) is 1.70. The zero-order valence-electron chi connectivity index (χ0n) is 10.9. The lowest BCUT2D eigenvalue weighted by Gasteiger charge is -2.08. The molecular formula is C15H15ClN2O. The Balaban J connectivity index is 2.22. The van der Waals surface area contributed by atoms with E-state index in [0.717, 1.165) is 22.7 Å². The van der Waals surface area contributed by atoms with Crippen LogP contribution in [0.4, 0.5) is 5.69 Å². The average Bonchev–Trinajstić information content (AvgIpc) is 2.46. The first-order valence-corrected chi connectivity index (χ1v) is 6.28. The molecule has 2 rings (SSSR count). The summed E-state index contributed by atoms with van der Waals surface area (Å²) in [5.41, 5.74) is 5.52. The fourth-order valence-corrected chi connectivity index (χ4v) is 1.88. The number of ether oxygens (including phenoxy) is 1. The Morgan fingerprint density at radius 3 is 2.53 bits per heavy atom. The van der Waals surface area contributed by atoms with Crippen molar-refractivity contribution in [1.29, 1.82) is 0 Å². The van der Waals surface area contributed by atoms with Gasteiger partial charge in [-0.15, -0.1) is 0 Å². The Labute approximate surface area is 117 Å². The van der Waals surface area contributed by atoms with Gasteiger partial charge in [-0.25, -0.2) is 0 Å². The van der Waals surface area contributed by atoms with Gasteiger partial charge in [-0.3, -0.25) is 5.43 Å². The van der Waals surface area contributed by atoms with Gasteiger partial charge >= 0.3 is 0 Å². The number of nitrogens with one attached hydrogen (secondary N) is 1. The maximum Gasteiger partial charge on any atom is 0.127 e. The fraction of sp³-hybridized carbons (Fsp3) is 0.133. The van der Waals surface area contributed by atoms with E-state index in [1.165, 1.54) is 0 Å². The van der Waals surface area contributed by atoms with E-state index in [0.29, 0.717) is 5.02 Å². The first-order valence-electron chi connectivity index (χ1n) is 5.90. The minimum atomic E-state index is 0.638. The van der Waals surface area contributed by atoms with Crippen LogP contribution in [0.5, 0.6) is 5.75 Å². The summed E-state index contributed by atoms with van der Waals surface area (Å²) in [4.78, 5) is 0. The molecule has 0 atom stereocenters. The molecule has 0 aliphatic carbocycles. The third-order valence-electron chi connectivity index (χ3n) is 2.71. The predicted octanol–water partition coefficient (Wildman–Crippen LogP) is 4.18. The van der Waals surface area contributed by atoms with Crippen molar-refractivity contribution < 1.29 is 4.74 Å². The SMILES string of the molecule is COc1ccccc1/C(C)=N\Nc1ccccc1Cl. The van der Waals surface area contributed by atoms with E-state index in [1.54, 1.807) is 7.11 Å². The molecule has 3 nitrogen and oxygen atoms in total. The number of hydrogen-bond acceptors (Lipinski definition) is 3. The van der Waals surface area contributed by atoms with Crippen LogP contribution in [0.1, 0.15) is 12.5 Å². The summed E-state index contributed by atoms with van der Waals surface area (Å²) in [7, 11) is 1.65. The number of para-hydroxylation sites is 2. The Kier molecular flexibility index (Phi) is 4.42. The van der Waals surface area contributed by atoms with Crippen molar-refractivity contribution in [2.24, 2.45) is 5.10 Å². The normalized spacial score (nSPS) is 11.2. The summed E-state index contributed by atoms with van der Waals surface area (Å²) in [5, 5.41) is 4.97. The van der Waals surface area contributed by atoms with Crippen LogP contribution in [-0.2, 0) is 0 Å². The van der Waals surface area contributed by atoms with Gasteiger partial charge in [0.25, 0.3) is 0 Å². The molecule has 0 heterocycles. The maximum atomic E-state index is 6.06. The number of methoxy groups -OCH3 is 1. The quantitative estimate of drug-likeness (QED) is 0.670. The highest BCUT2D eigenvalue weighted by molar-refractivity contribution is 6.33. The van der Waals surface area contributed by atoms with Gasteiger partial charge in [-0.1, -0.05) is 35.9 Å². The van der Waals surface area contributed by atoms with Gasteiger partial charge in [0.05, 0.1) is 23.5 Å². The zero-order valence-corrected chi connectivity index (χ0v) is 11.6. The summed E-state index contributed by atoms with van der Waals surface area (Å²) in [6.07, 6.45) is 0. The number of benzene rings is 2. The highest BCUT2D eigenvalue weighted by Gasteiger charge is 2.05. The largest absolute Gasteiger partial charge is 0.496 e. The lowest BCUT2D eigenvalue weighted by molar-refractivity contribution is 0.414. The van der Waals surface area contributed by atoms with Crippen molar-refractivity contribution in [3.05, 3.63) is 59.1 Å². The van der Waals surface area contributed by atoms with E-state index in [4.69, 9.17) is 16.3 Å². The van der Waals surface area contributed by atoms with Crippen LogP contribution >= 0.6 is 11.6 Å². The molecule has 98 valence electrons. The second kappa shape index (κ2) is 6.25. The van der Waals surface area contributed by atoms with E-state index >= 15 is 0 Å². The van der Waals surface area contributed by atoms with Crippen LogP contribution in [0, 0.1) is 0 Å². The molecule has 4 heteroatoms. The van der Waals surface area contributed by atoms with Crippen LogP contribution < -0.4 is 10.2 Å². The lowest BCUT2D eigenvalue weighted by Crippen LogP contribution is -2.02. The third-order valence-corrected chi connectivity index (χ3v) is 3.04. The van der Waals surface area contributed by atoms with Crippen LogP contribution in [0.3, 0.4) is 0 Å². The van der Waals surface area contributed by atoms with Crippen molar-refractivity contribution in [1.82, 2.24) is 0 Å². The van der Waals surface area contributed by atoms with Gasteiger partial charge in [0.15, 0.2) is 0 Å². The van der Waals surface area contributed by atoms with Crippen molar-refractivity contribution in [2.75, 3.05) is 12.5 Å². The van der Waals surface area contributed by atoms with Crippen LogP contribution in [0.25, 0.3) is 0 Å². The summed E-state index contributed by atoms with van der Waals surface area (Å²) in [6.45, 7) is 1.92. The number of anilines is 1. The summed E-state index contributed by atoms with van der Waals surface area (Å²) in [5.74, 6) is 0.796. The molecule has 2 aromatic rings. The number of nitrogens with zero attached hydrogens (tertiary/aromatic N) is 1. The van der Waals surface area contributed by atoms with Gasteiger partial charge in [-0.05, 0) is 31.2 Å². The Hall–Kier alpha value is -2.00. The molecule has 0 spiro atoms. The van der Waals surface area contributed by atoms with Crippen molar-refractivity contribution in [2.45, 2.75) is 6.92 Å². The molecule has 2 aromatic carbocycles. The number of halogens is 1. The molecule has 0 amide bonds. The van der Waals surface area contributed by atoms with Gasteiger partial charge < -0.3 is 4.74 Å². The Bertz CT molecular complexity index is 596.